The Morgan fingerprint density at radius 1 is 0.833 bits per heavy atom. The SMILES string of the molecule is CCCc1ccc(C(C)Cc2ccccc2)cc1. The van der Waals surface area contributed by atoms with Gasteiger partial charge in [-0.2, -0.15) is 0 Å². The van der Waals surface area contributed by atoms with Gasteiger partial charge < -0.3 is 0 Å². The zero-order valence-electron chi connectivity index (χ0n) is 11.4. The first-order chi connectivity index (χ1) is 8.79. The first-order valence-electron chi connectivity index (χ1n) is 6.92. The highest BCUT2D eigenvalue weighted by Gasteiger charge is 2.06. The lowest BCUT2D eigenvalue weighted by Gasteiger charge is -2.12. The van der Waals surface area contributed by atoms with Crippen molar-refractivity contribution in [2.75, 3.05) is 0 Å². The van der Waals surface area contributed by atoms with Crippen LogP contribution in [0.5, 0.6) is 0 Å². The van der Waals surface area contributed by atoms with Gasteiger partial charge in [-0.3, -0.25) is 0 Å². The monoisotopic (exact) mass is 238 g/mol. The summed E-state index contributed by atoms with van der Waals surface area (Å²) in [7, 11) is 0. The summed E-state index contributed by atoms with van der Waals surface area (Å²) in [5, 5.41) is 0. The molecule has 0 spiro atoms. The van der Waals surface area contributed by atoms with Crippen LogP contribution in [0, 0.1) is 0 Å². The molecule has 94 valence electrons. The molecule has 0 radical (unpaired) electrons. The lowest BCUT2D eigenvalue weighted by atomic mass is 9.93. The summed E-state index contributed by atoms with van der Waals surface area (Å²) < 4.78 is 0. The molecule has 0 aliphatic rings. The van der Waals surface area contributed by atoms with Gasteiger partial charge in [-0.1, -0.05) is 74.9 Å². The molecule has 1 atom stereocenters. The molecule has 0 aliphatic carbocycles. The molecule has 0 amide bonds. The smallest absolute Gasteiger partial charge is 0.0150 e. The van der Waals surface area contributed by atoms with Crippen LogP contribution in [-0.2, 0) is 12.8 Å². The highest BCUT2D eigenvalue weighted by Crippen LogP contribution is 2.21. The van der Waals surface area contributed by atoms with Crippen molar-refractivity contribution in [3.05, 3.63) is 71.3 Å². The van der Waals surface area contributed by atoms with Crippen molar-refractivity contribution in [3.8, 4) is 0 Å². The molecular weight excluding hydrogens is 216 g/mol. The van der Waals surface area contributed by atoms with Crippen molar-refractivity contribution in [2.24, 2.45) is 0 Å². The van der Waals surface area contributed by atoms with Gasteiger partial charge in [0.05, 0.1) is 0 Å². The van der Waals surface area contributed by atoms with Crippen molar-refractivity contribution >= 4 is 0 Å². The third-order valence-electron chi connectivity index (χ3n) is 3.47. The van der Waals surface area contributed by atoms with E-state index < -0.39 is 0 Å². The Kier molecular flexibility index (Phi) is 4.58. The van der Waals surface area contributed by atoms with E-state index in [0.717, 1.165) is 6.42 Å². The standard InChI is InChI=1S/C18H22/c1-3-7-16-10-12-18(13-11-16)15(2)14-17-8-5-4-6-9-17/h4-6,8-13,15H,3,7,14H2,1-2H3. The van der Waals surface area contributed by atoms with Crippen LogP contribution in [0.25, 0.3) is 0 Å². The molecule has 0 nitrogen and oxygen atoms in total. The Morgan fingerprint density at radius 3 is 2.11 bits per heavy atom. The van der Waals surface area contributed by atoms with Gasteiger partial charge in [0.2, 0.25) is 0 Å². The molecule has 0 fully saturated rings. The molecule has 2 rings (SSSR count). The number of aryl methyl sites for hydroxylation is 1. The van der Waals surface area contributed by atoms with Gasteiger partial charge in [-0.25, -0.2) is 0 Å². The lowest BCUT2D eigenvalue weighted by Crippen LogP contribution is -1.98. The molecule has 0 heteroatoms. The van der Waals surface area contributed by atoms with Gasteiger partial charge in [0.15, 0.2) is 0 Å². The van der Waals surface area contributed by atoms with Gasteiger partial charge in [0.1, 0.15) is 0 Å². The normalized spacial score (nSPS) is 12.3. The maximum Gasteiger partial charge on any atom is -0.0150 e. The number of benzene rings is 2. The van der Waals surface area contributed by atoms with Crippen molar-refractivity contribution in [3.63, 3.8) is 0 Å². The second kappa shape index (κ2) is 6.39. The lowest BCUT2D eigenvalue weighted by molar-refractivity contribution is 0.758. The van der Waals surface area contributed by atoms with E-state index in [1.54, 1.807) is 0 Å². The minimum absolute atomic E-state index is 0.586. The van der Waals surface area contributed by atoms with Gasteiger partial charge in [0.25, 0.3) is 0 Å². The van der Waals surface area contributed by atoms with Crippen LogP contribution in [0.2, 0.25) is 0 Å². The molecule has 18 heavy (non-hydrogen) atoms. The Morgan fingerprint density at radius 2 is 1.50 bits per heavy atom. The Bertz CT molecular complexity index is 453. The van der Waals surface area contributed by atoms with E-state index in [4.69, 9.17) is 0 Å². The van der Waals surface area contributed by atoms with Crippen LogP contribution in [0.3, 0.4) is 0 Å². The Hall–Kier alpha value is -1.56. The fourth-order valence-corrected chi connectivity index (χ4v) is 2.39. The molecule has 2 aromatic rings. The largest absolute Gasteiger partial charge is 0.0651 e. The molecule has 0 saturated heterocycles. The molecule has 0 bridgehead atoms. The third kappa shape index (κ3) is 3.46. The van der Waals surface area contributed by atoms with E-state index in [1.807, 2.05) is 0 Å². The molecule has 1 unspecified atom stereocenters. The van der Waals surface area contributed by atoms with Crippen LogP contribution in [0.4, 0.5) is 0 Å². The van der Waals surface area contributed by atoms with Gasteiger partial charge in [-0.05, 0) is 35.4 Å². The molecule has 2 aromatic carbocycles. The zero-order chi connectivity index (χ0) is 12.8. The molecule has 0 aliphatic heterocycles. The van der Waals surface area contributed by atoms with E-state index in [2.05, 4.69) is 68.4 Å². The second-order valence-corrected chi connectivity index (χ2v) is 5.08. The predicted molar refractivity (Wildman–Crippen MR) is 79.0 cm³/mol. The predicted octanol–water partition coefficient (Wildman–Crippen LogP) is 4.99. The first-order valence-corrected chi connectivity index (χ1v) is 6.92. The summed E-state index contributed by atoms with van der Waals surface area (Å²) >= 11 is 0. The molecular formula is C18H22. The highest BCUT2D eigenvalue weighted by atomic mass is 14.1. The van der Waals surface area contributed by atoms with Crippen LogP contribution in [-0.4, -0.2) is 0 Å². The van der Waals surface area contributed by atoms with E-state index in [0.29, 0.717) is 5.92 Å². The second-order valence-electron chi connectivity index (χ2n) is 5.08. The maximum absolute atomic E-state index is 2.31. The number of rotatable bonds is 5. The summed E-state index contributed by atoms with van der Waals surface area (Å²) in [6, 6.07) is 19.9. The van der Waals surface area contributed by atoms with E-state index in [9.17, 15) is 0 Å². The van der Waals surface area contributed by atoms with Crippen LogP contribution < -0.4 is 0 Å². The zero-order valence-corrected chi connectivity index (χ0v) is 11.4. The minimum Gasteiger partial charge on any atom is -0.0651 e. The van der Waals surface area contributed by atoms with E-state index >= 15 is 0 Å². The van der Waals surface area contributed by atoms with Crippen LogP contribution >= 0.6 is 0 Å². The Balaban J connectivity index is 2.02. The van der Waals surface area contributed by atoms with Crippen LogP contribution in [0.15, 0.2) is 54.6 Å². The van der Waals surface area contributed by atoms with Crippen LogP contribution in [0.1, 0.15) is 42.9 Å². The minimum atomic E-state index is 0.586. The fraction of sp³-hybridized carbons (Fsp3) is 0.333. The van der Waals surface area contributed by atoms with Crippen molar-refractivity contribution in [1.82, 2.24) is 0 Å². The van der Waals surface area contributed by atoms with E-state index in [1.165, 1.54) is 29.5 Å². The first kappa shape index (κ1) is 12.9. The molecule has 0 saturated carbocycles. The van der Waals surface area contributed by atoms with Gasteiger partial charge in [0, 0.05) is 0 Å². The average Bonchev–Trinajstić information content (AvgIpc) is 2.41. The number of hydrogen-bond acceptors (Lipinski definition) is 0. The summed E-state index contributed by atoms with van der Waals surface area (Å²) in [4.78, 5) is 0. The summed E-state index contributed by atoms with van der Waals surface area (Å²) in [6.45, 7) is 4.54. The van der Waals surface area contributed by atoms with Crippen molar-refractivity contribution in [1.29, 1.82) is 0 Å². The molecule has 0 heterocycles. The number of hydrogen-bond donors (Lipinski definition) is 0. The topological polar surface area (TPSA) is 0 Å². The summed E-state index contributed by atoms with van der Waals surface area (Å²) in [6.07, 6.45) is 3.53. The van der Waals surface area contributed by atoms with Crippen molar-refractivity contribution < 1.29 is 0 Å². The highest BCUT2D eigenvalue weighted by molar-refractivity contribution is 5.27. The Labute approximate surface area is 111 Å². The van der Waals surface area contributed by atoms with Gasteiger partial charge >= 0.3 is 0 Å². The maximum atomic E-state index is 2.31. The van der Waals surface area contributed by atoms with E-state index in [-0.39, 0.29) is 0 Å². The quantitative estimate of drug-likeness (QED) is 0.688. The van der Waals surface area contributed by atoms with Gasteiger partial charge in [-0.15, -0.1) is 0 Å². The molecule has 0 aromatic heterocycles. The average molecular weight is 238 g/mol. The fourth-order valence-electron chi connectivity index (χ4n) is 2.39. The third-order valence-corrected chi connectivity index (χ3v) is 3.47. The summed E-state index contributed by atoms with van der Waals surface area (Å²) in [5.74, 6) is 0.586. The summed E-state index contributed by atoms with van der Waals surface area (Å²) in [5.41, 5.74) is 4.31. The van der Waals surface area contributed by atoms with Crippen molar-refractivity contribution in [2.45, 2.75) is 39.0 Å². The molecule has 0 N–H and O–H groups in total.